The Morgan fingerprint density at radius 1 is 1.24 bits per heavy atom. The summed E-state index contributed by atoms with van der Waals surface area (Å²) in [5.41, 5.74) is 0.834. The Bertz CT molecular complexity index is 670. The number of benzene rings is 1. The summed E-state index contributed by atoms with van der Waals surface area (Å²) in [4.78, 5) is 18.5. The second kappa shape index (κ2) is 5.97. The summed E-state index contributed by atoms with van der Waals surface area (Å²) in [7, 11) is 0. The Balaban J connectivity index is 1.78. The Morgan fingerprint density at radius 2 is 2.05 bits per heavy atom. The summed E-state index contributed by atoms with van der Waals surface area (Å²) < 4.78 is 7.17. The molecule has 3 rings (SSSR count). The molecule has 0 saturated carbocycles. The largest absolute Gasteiger partial charge is 0.482 e. The Kier molecular flexibility index (Phi) is 3.87. The standard InChI is InChI=1S/C15H17N3O3/c19-9-8-17-6-7-18-14(20)13(10-16-15(17)18)21-11-12-4-2-1-3-5-12/h1-5,10,19H,6-9,11H2. The van der Waals surface area contributed by atoms with Crippen LogP contribution in [0.5, 0.6) is 5.75 Å². The van der Waals surface area contributed by atoms with Gasteiger partial charge in [-0.1, -0.05) is 30.3 Å². The zero-order valence-corrected chi connectivity index (χ0v) is 11.6. The van der Waals surface area contributed by atoms with Crippen LogP contribution in [0.25, 0.3) is 0 Å². The van der Waals surface area contributed by atoms with Crippen LogP contribution in [-0.2, 0) is 13.2 Å². The predicted molar refractivity (Wildman–Crippen MR) is 78.6 cm³/mol. The second-order valence-corrected chi connectivity index (χ2v) is 4.86. The van der Waals surface area contributed by atoms with E-state index in [4.69, 9.17) is 9.84 Å². The number of anilines is 1. The normalized spacial score (nSPS) is 13.3. The quantitative estimate of drug-likeness (QED) is 0.874. The maximum atomic E-state index is 12.3. The highest BCUT2D eigenvalue weighted by Crippen LogP contribution is 2.17. The predicted octanol–water partition coefficient (Wildman–Crippen LogP) is 0.635. The molecule has 1 aromatic heterocycles. The van der Waals surface area contributed by atoms with Gasteiger partial charge in [0.15, 0.2) is 0 Å². The summed E-state index contributed by atoms with van der Waals surface area (Å²) in [5, 5.41) is 9.00. The summed E-state index contributed by atoms with van der Waals surface area (Å²) in [5.74, 6) is 0.856. The SMILES string of the molecule is O=c1c(OCc2ccccc2)cnc2n1CCN2CCO. The van der Waals surface area contributed by atoms with Crippen LogP contribution in [0.15, 0.2) is 41.3 Å². The molecule has 0 saturated heterocycles. The molecule has 2 heterocycles. The van der Waals surface area contributed by atoms with E-state index in [1.165, 1.54) is 6.20 Å². The van der Waals surface area contributed by atoms with Crippen molar-refractivity contribution in [3.05, 3.63) is 52.4 Å². The number of β-amino-alcohol motifs (C(OH)–C–C–N with tert-alkyl or cyclic N) is 1. The van der Waals surface area contributed by atoms with Crippen LogP contribution in [0.1, 0.15) is 5.56 Å². The molecule has 0 aliphatic carbocycles. The van der Waals surface area contributed by atoms with E-state index in [1.54, 1.807) is 4.57 Å². The van der Waals surface area contributed by atoms with Crippen molar-refractivity contribution >= 4 is 5.95 Å². The molecule has 2 aromatic rings. The fourth-order valence-corrected chi connectivity index (χ4v) is 2.41. The van der Waals surface area contributed by atoms with Gasteiger partial charge in [0, 0.05) is 19.6 Å². The minimum absolute atomic E-state index is 0.0438. The zero-order valence-electron chi connectivity index (χ0n) is 11.6. The third-order valence-corrected chi connectivity index (χ3v) is 3.48. The molecule has 1 aromatic carbocycles. The Labute approximate surface area is 122 Å². The van der Waals surface area contributed by atoms with Crippen LogP contribution < -0.4 is 15.2 Å². The molecule has 0 unspecified atom stereocenters. The van der Waals surface area contributed by atoms with Crippen LogP contribution in [0.3, 0.4) is 0 Å². The molecule has 110 valence electrons. The molecule has 1 aliphatic heterocycles. The van der Waals surface area contributed by atoms with Crippen molar-refractivity contribution in [1.82, 2.24) is 9.55 Å². The van der Waals surface area contributed by atoms with Gasteiger partial charge in [-0.25, -0.2) is 4.98 Å². The molecule has 1 N–H and O–H groups in total. The summed E-state index contributed by atoms with van der Waals surface area (Å²) >= 11 is 0. The first-order valence-electron chi connectivity index (χ1n) is 6.92. The lowest BCUT2D eigenvalue weighted by molar-refractivity contribution is 0.298. The van der Waals surface area contributed by atoms with E-state index in [-0.39, 0.29) is 17.9 Å². The number of hydrogen-bond acceptors (Lipinski definition) is 5. The first-order chi connectivity index (χ1) is 10.3. The van der Waals surface area contributed by atoms with Crippen molar-refractivity contribution in [2.45, 2.75) is 13.2 Å². The van der Waals surface area contributed by atoms with E-state index in [9.17, 15) is 4.79 Å². The molecule has 6 heteroatoms. The summed E-state index contributed by atoms with van der Waals surface area (Å²) in [6.45, 7) is 2.13. The van der Waals surface area contributed by atoms with Crippen LogP contribution in [-0.4, -0.2) is 34.4 Å². The molecule has 0 radical (unpaired) electrons. The van der Waals surface area contributed by atoms with Crippen molar-refractivity contribution in [1.29, 1.82) is 0 Å². The molecule has 21 heavy (non-hydrogen) atoms. The fraction of sp³-hybridized carbons (Fsp3) is 0.333. The van der Waals surface area contributed by atoms with Gasteiger partial charge in [0.25, 0.3) is 5.56 Å². The highest BCUT2D eigenvalue weighted by atomic mass is 16.5. The van der Waals surface area contributed by atoms with Crippen LogP contribution in [0, 0.1) is 0 Å². The maximum Gasteiger partial charge on any atom is 0.297 e. The molecular formula is C15H17N3O3. The van der Waals surface area contributed by atoms with E-state index < -0.39 is 0 Å². The van der Waals surface area contributed by atoms with Gasteiger partial charge in [-0.15, -0.1) is 0 Å². The minimum Gasteiger partial charge on any atom is -0.482 e. The van der Waals surface area contributed by atoms with Crippen molar-refractivity contribution in [3.63, 3.8) is 0 Å². The molecule has 0 spiro atoms. The fourth-order valence-electron chi connectivity index (χ4n) is 2.41. The van der Waals surface area contributed by atoms with Crippen molar-refractivity contribution in [2.24, 2.45) is 0 Å². The lowest BCUT2D eigenvalue weighted by Gasteiger charge is -2.15. The van der Waals surface area contributed by atoms with E-state index in [0.717, 1.165) is 5.56 Å². The molecule has 0 amide bonds. The monoisotopic (exact) mass is 287 g/mol. The van der Waals surface area contributed by atoms with Gasteiger partial charge in [0.2, 0.25) is 11.7 Å². The minimum atomic E-state index is -0.170. The molecule has 6 nitrogen and oxygen atoms in total. The van der Waals surface area contributed by atoms with Gasteiger partial charge in [0.1, 0.15) is 6.61 Å². The summed E-state index contributed by atoms with van der Waals surface area (Å²) in [6.07, 6.45) is 1.47. The average molecular weight is 287 g/mol. The van der Waals surface area contributed by atoms with Gasteiger partial charge in [-0.05, 0) is 5.56 Å². The van der Waals surface area contributed by atoms with Gasteiger partial charge in [-0.2, -0.15) is 0 Å². The first-order valence-corrected chi connectivity index (χ1v) is 6.92. The van der Waals surface area contributed by atoms with Gasteiger partial charge in [-0.3, -0.25) is 9.36 Å². The maximum absolute atomic E-state index is 12.3. The third-order valence-electron chi connectivity index (χ3n) is 3.48. The molecule has 0 fully saturated rings. The highest BCUT2D eigenvalue weighted by Gasteiger charge is 2.22. The first kappa shape index (κ1) is 13.6. The van der Waals surface area contributed by atoms with Crippen LogP contribution in [0.2, 0.25) is 0 Å². The number of aliphatic hydroxyl groups is 1. The van der Waals surface area contributed by atoms with E-state index >= 15 is 0 Å². The van der Waals surface area contributed by atoms with Crippen LogP contribution in [0.4, 0.5) is 5.95 Å². The smallest absolute Gasteiger partial charge is 0.297 e. The van der Waals surface area contributed by atoms with Gasteiger partial charge < -0.3 is 14.7 Å². The van der Waals surface area contributed by atoms with Crippen LogP contribution >= 0.6 is 0 Å². The second-order valence-electron chi connectivity index (χ2n) is 4.86. The number of hydrogen-bond donors (Lipinski definition) is 1. The Morgan fingerprint density at radius 3 is 2.81 bits per heavy atom. The summed E-state index contributed by atoms with van der Waals surface area (Å²) in [6, 6.07) is 9.69. The van der Waals surface area contributed by atoms with E-state index in [0.29, 0.717) is 32.2 Å². The molecular weight excluding hydrogens is 270 g/mol. The average Bonchev–Trinajstić information content (AvgIpc) is 2.92. The number of fused-ring (bicyclic) bond motifs is 1. The topological polar surface area (TPSA) is 67.6 Å². The number of aromatic nitrogens is 2. The Hall–Kier alpha value is -2.34. The lowest BCUT2D eigenvalue weighted by Crippen LogP contribution is -2.26. The lowest BCUT2D eigenvalue weighted by atomic mass is 10.2. The van der Waals surface area contributed by atoms with Gasteiger partial charge >= 0.3 is 0 Å². The number of ether oxygens (including phenoxy) is 1. The molecule has 1 aliphatic rings. The van der Waals surface area contributed by atoms with Crippen molar-refractivity contribution in [2.75, 3.05) is 24.6 Å². The highest BCUT2D eigenvalue weighted by molar-refractivity contribution is 5.37. The van der Waals surface area contributed by atoms with Gasteiger partial charge in [0.05, 0.1) is 12.8 Å². The number of aliphatic hydroxyl groups excluding tert-OH is 1. The number of nitrogens with zero attached hydrogens (tertiary/aromatic N) is 3. The van der Waals surface area contributed by atoms with E-state index in [2.05, 4.69) is 4.98 Å². The van der Waals surface area contributed by atoms with Crippen molar-refractivity contribution < 1.29 is 9.84 Å². The van der Waals surface area contributed by atoms with Crippen molar-refractivity contribution in [3.8, 4) is 5.75 Å². The number of rotatable bonds is 5. The third kappa shape index (κ3) is 2.75. The zero-order chi connectivity index (χ0) is 14.7. The molecule has 0 bridgehead atoms. The molecule has 0 atom stereocenters. The van der Waals surface area contributed by atoms with E-state index in [1.807, 2.05) is 35.2 Å².